The average Bonchev–Trinajstić information content (AvgIpc) is 3.43. The zero-order valence-corrected chi connectivity index (χ0v) is 17.3. The largest absolute Gasteiger partial charge is 0.416 e. The summed E-state index contributed by atoms with van der Waals surface area (Å²) in [7, 11) is 0. The number of rotatable bonds is 6. The van der Waals surface area contributed by atoms with Crippen LogP contribution in [0.25, 0.3) is 5.82 Å². The molecule has 2 heterocycles. The Balaban J connectivity index is 1.70. The van der Waals surface area contributed by atoms with Crippen LogP contribution in [0.2, 0.25) is 5.02 Å². The predicted octanol–water partition coefficient (Wildman–Crippen LogP) is 4.95. The Labute approximate surface area is 181 Å². The minimum absolute atomic E-state index is 0.115. The van der Waals surface area contributed by atoms with Gasteiger partial charge in [0.15, 0.2) is 11.6 Å². The van der Waals surface area contributed by atoms with Crippen LogP contribution in [0, 0.1) is 5.92 Å². The normalized spacial score (nSPS) is 15.0. The molecule has 0 aliphatic heterocycles. The lowest BCUT2D eigenvalue weighted by Gasteiger charge is -2.29. The second kappa shape index (κ2) is 8.30. The summed E-state index contributed by atoms with van der Waals surface area (Å²) in [4.78, 5) is 23.5. The van der Waals surface area contributed by atoms with Gasteiger partial charge < -0.3 is 4.90 Å². The zero-order valence-electron chi connectivity index (χ0n) is 16.6. The highest BCUT2D eigenvalue weighted by molar-refractivity contribution is 6.31. The molecule has 1 atom stereocenters. The zero-order chi connectivity index (χ0) is 22.2. The first-order valence-corrected chi connectivity index (χ1v) is 10.1. The van der Waals surface area contributed by atoms with Crippen LogP contribution in [-0.2, 0) is 6.18 Å². The Hall–Kier alpha value is -2.94. The summed E-state index contributed by atoms with van der Waals surface area (Å²) in [6.45, 7) is 2.18. The van der Waals surface area contributed by atoms with Gasteiger partial charge in [-0.3, -0.25) is 4.79 Å². The highest BCUT2D eigenvalue weighted by Gasteiger charge is 2.35. The fourth-order valence-electron chi connectivity index (χ4n) is 3.37. The first kappa shape index (κ1) is 21.3. The summed E-state index contributed by atoms with van der Waals surface area (Å²) in [5.74, 6) is 0.760. The lowest BCUT2D eigenvalue weighted by molar-refractivity contribution is -0.137. The number of aromatic nitrogens is 4. The van der Waals surface area contributed by atoms with E-state index < -0.39 is 23.7 Å². The third-order valence-electron chi connectivity index (χ3n) is 5.17. The van der Waals surface area contributed by atoms with Crippen molar-refractivity contribution in [3.63, 3.8) is 0 Å². The van der Waals surface area contributed by atoms with Gasteiger partial charge in [-0.1, -0.05) is 17.7 Å². The van der Waals surface area contributed by atoms with E-state index in [4.69, 9.17) is 11.6 Å². The van der Waals surface area contributed by atoms with Gasteiger partial charge in [0.2, 0.25) is 0 Å². The van der Waals surface area contributed by atoms with Gasteiger partial charge in [-0.2, -0.15) is 23.0 Å². The number of alkyl halides is 3. The van der Waals surface area contributed by atoms with Crippen molar-refractivity contribution < 1.29 is 18.0 Å². The minimum Gasteiger partial charge on any atom is -0.328 e. The second-order valence-corrected chi connectivity index (χ2v) is 7.96. The van der Waals surface area contributed by atoms with Crippen LogP contribution in [0.1, 0.15) is 47.6 Å². The minimum atomic E-state index is -4.61. The molecule has 6 nitrogen and oxygen atoms in total. The molecule has 0 spiro atoms. The standard InChI is InChI=1S/C21H19ClF3N5O/c1-13(19-27-12-28-30(19)18-4-2-3-7-26-18)29(11-14-5-6-14)20(31)15-8-16(21(23,24)25)10-17(22)9-15/h2-4,7-10,12-14H,5-6,11H2,1H3. The molecule has 1 aliphatic carbocycles. The first-order valence-electron chi connectivity index (χ1n) is 9.74. The van der Waals surface area contributed by atoms with E-state index in [9.17, 15) is 18.0 Å². The highest BCUT2D eigenvalue weighted by atomic mass is 35.5. The van der Waals surface area contributed by atoms with E-state index in [-0.39, 0.29) is 10.6 Å². The quantitative estimate of drug-likeness (QED) is 0.534. The third kappa shape index (κ3) is 4.71. The molecule has 1 fully saturated rings. The summed E-state index contributed by atoms with van der Waals surface area (Å²) < 4.78 is 41.3. The smallest absolute Gasteiger partial charge is 0.328 e. The maximum absolute atomic E-state index is 13.4. The van der Waals surface area contributed by atoms with Gasteiger partial charge in [0, 0.05) is 23.3 Å². The van der Waals surface area contributed by atoms with Crippen LogP contribution in [0.5, 0.6) is 0 Å². The molecule has 3 aromatic rings. The van der Waals surface area contributed by atoms with Crippen LogP contribution in [-0.4, -0.2) is 37.1 Å². The van der Waals surface area contributed by atoms with Crippen LogP contribution in [0.15, 0.2) is 48.9 Å². The van der Waals surface area contributed by atoms with Gasteiger partial charge in [-0.25, -0.2) is 9.97 Å². The van der Waals surface area contributed by atoms with Crippen molar-refractivity contribution >= 4 is 17.5 Å². The molecule has 31 heavy (non-hydrogen) atoms. The van der Waals surface area contributed by atoms with Crippen LogP contribution < -0.4 is 0 Å². The molecule has 1 unspecified atom stereocenters. The fraction of sp³-hybridized carbons (Fsp3) is 0.333. The van der Waals surface area contributed by atoms with Crippen LogP contribution in [0.4, 0.5) is 13.2 Å². The number of carbonyl (C=O) groups excluding carboxylic acids is 1. The number of halogens is 4. The van der Waals surface area contributed by atoms with E-state index in [0.29, 0.717) is 24.1 Å². The Morgan fingerprint density at radius 1 is 1.26 bits per heavy atom. The van der Waals surface area contributed by atoms with Crippen molar-refractivity contribution in [1.82, 2.24) is 24.6 Å². The number of hydrogen-bond donors (Lipinski definition) is 0. The SMILES string of the molecule is CC(c1ncnn1-c1ccccn1)N(CC1CC1)C(=O)c1cc(Cl)cc(C(F)(F)F)c1. The van der Waals surface area contributed by atoms with Crippen molar-refractivity contribution in [3.8, 4) is 5.82 Å². The molecule has 1 saturated carbocycles. The Bertz CT molecular complexity index is 1080. The molecular weight excluding hydrogens is 431 g/mol. The van der Waals surface area contributed by atoms with Gasteiger partial charge >= 0.3 is 6.18 Å². The summed E-state index contributed by atoms with van der Waals surface area (Å²) in [5, 5.41) is 4.07. The number of benzene rings is 1. The highest BCUT2D eigenvalue weighted by Crippen LogP contribution is 2.35. The molecule has 0 saturated heterocycles. The number of hydrogen-bond acceptors (Lipinski definition) is 4. The topological polar surface area (TPSA) is 63.9 Å². The average molecular weight is 450 g/mol. The van der Waals surface area contributed by atoms with Crippen molar-refractivity contribution in [1.29, 1.82) is 0 Å². The first-order chi connectivity index (χ1) is 14.7. The second-order valence-electron chi connectivity index (χ2n) is 7.52. The van der Waals surface area contributed by atoms with Gasteiger partial charge in [-0.05, 0) is 56.0 Å². The van der Waals surface area contributed by atoms with Crippen molar-refractivity contribution in [2.45, 2.75) is 32.0 Å². The molecule has 162 valence electrons. The Morgan fingerprint density at radius 2 is 2.03 bits per heavy atom. The monoisotopic (exact) mass is 449 g/mol. The molecular formula is C21H19ClF3N5O. The van der Waals surface area contributed by atoms with E-state index in [2.05, 4.69) is 15.1 Å². The Kier molecular flexibility index (Phi) is 5.70. The number of carbonyl (C=O) groups is 1. The molecule has 0 bridgehead atoms. The predicted molar refractivity (Wildman–Crippen MR) is 108 cm³/mol. The van der Waals surface area contributed by atoms with E-state index >= 15 is 0 Å². The molecule has 4 rings (SSSR count). The molecule has 1 aliphatic rings. The summed E-state index contributed by atoms with van der Waals surface area (Å²) >= 11 is 5.90. The van der Waals surface area contributed by atoms with Crippen molar-refractivity contribution in [3.05, 3.63) is 70.9 Å². The van der Waals surface area contributed by atoms with Crippen molar-refractivity contribution in [2.75, 3.05) is 6.54 Å². The molecule has 2 aromatic heterocycles. The molecule has 0 radical (unpaired) electrons. The number of nitrogens with zero attached hydrogens (tertiary/aromatic N) is 5. The molecule has 0 N–H and O–H groups in total. The van der Waals surface area contributed by atoms with E-state index in [1.807, 2.05) is 0 Å². The summed E-state index contributed by atoms with van der Waals surface area (Å²) in [5.41, 5.74) is -1.07. The van der Waals surface area contributed by atoms with E-state index in [1.165, 1.54) is 22.0 Å². The van der Waals surface area contributed by atoms with E-state index in [1.54, 1.807) is 31.3 Å². The van der Waals surface area contributed by atoms with E-state index in [0.717, 1.165) is 25.0 Å². The van der Waals surface area contributed by atoms with Crippen LogP contribution >= 0.6 is 11.6 Å². The molecule has 10 heteroatoms. The lowest BCUT2D eigenvalue weighted by Crippen LogP contribution is -2.36. The lowest BCUT2D eigenvalue weighted by atomic mass is 10.1. The van der Waals surface area contributed by atoms with Crippen molar-refractivity contribution in [2.24, 2.45) is 5.92 Å². The summed E-state index contributed by atoms with van der Waals surface area (Å²) in [6.07, 6.45) is 0.302. The number of pyridine rings is 1. The van der Waals surface area contributed by atoms with Gasteiger partial charge in [0.05, 0.1) is 11.6 Å². The Morgan fingerprint density at radius 3 is 2.68 bits per heavy atom. The third-order valence-corrected chi connectivity index (χ3v) is 5.38. The molecule has 1 aromatic carbocycles. The molecule has 1 amide bonds. The number of amides is 1. The maximum atomic E-state index is 13.4. The summed E-state index contributed by atoms with van der Waals surface area (Å²) in [6, 6.07) is 7.68. The van der Waals surface area contributed by atoms with Gasteiger partial charge in [0.25, 0.3) is 5.91 Å². The van der Waals surface area contributed by atoms with Gasteiger partial charge in [0.1, 0.15) is 6.33 Å². The fourth-order valence-corrected chi connectivity index (χ4v) is 3.60. The maximum Gasteiger partial charge on any atom is 0.416 e. The van der Waals surface area contributed by atoms with Gasteiger partial charge in [-0.15, -0.1) is 0 Å². The van der Waals surface area contributed by atoms with Crippen LogP contribution in [0.3, 0.4) is 0 Å².